The predicted octanol–water partition coefficient (Wildman–Crippen LogP) is 1.55. The molecule has 4 heteroatoms. The lowest BCUT2D eigenvalue weighted by Gasteiger charge is -2.36. The molecule has 0 aliphatic carbocycles. The minimum atomic E-state index is -1.27. The first kappa shape index (κ1) is 15.4. The van der Waals surface area contributed by atoms with E-state index in [0.717, 1.165) is 0 Å². The number of hydrogen-bond acceptors (Lipinski definition) is 4. The number of hydrogen-bond donors (Lipinski definition) is 2. The van der Waals surface area contributed by atoms with Gasteiger partial charge in [0.1, 0.15) is 0 Å². The summed E-state index contributed by atoms with van der Waals surface area (Å²) in [5.41, 5.74) is -1.07. The fraction of sp³-hybridized carbons (Fsp3) is 0.917. The normalized spacial score (nSPS) is 19.4. The summed E-state index contributed by atoms with van der Waals surface area (Å²) in [7, 11) is 0. The molecule has 3 unspecified atom stereocenters. The molecule has 0 amide bonds. The van der Waals surface area contributed by atoms with E-state index < -0.39 is 23.8 Å². The molecule has 0 rings (SSSR count). The van der Waals surface area contributed by atoms with Crippen molar-refractivity contribution in [2.45, 2.75) is 53.4 Å². The fourth-order valence-electron chi connectivity index (χ4n) is 1.17. The van der Waals surface area contributed by atoms with E-state index in [1.165, 1.54) is 0 Å². The van der Waals surface area contributed by atoms with Gasteiger partial charge in [-0.15, -0.1) is 0 Å². The Morgan fingerprint density at radius 3 is 1.94 bits per heavy atom. The summed E-state index contributed by atoms with van der Waals surface area (Å²) in [5.74, 6) is -1.31. The second-order valence-electron chi connectivity index (χ2n) is 5.15. The highest BCUT2D eigenvalue weighted by molar-refractivity contribution is 5.71. The lowest BCUT2D eigenvalue weighted by molar-refractivity contribution is -0.200. The maximum absolute atomic E-state index is 11.3. The summed E-state index contributed by atoms with van der Waals surface area (Å²) in [6, 6.07) is 0. The van der Waals surface area contributed by atoms with Gasteiger partial charge >= 0.3 is 5.97 Å². The molecule has 4 nitrogen and oxygen atoms in total. The van der Waals surface area contributed by atoms with Crippen molar-refractivity contribution < 1.29 is 19.7 Å². The second-order valence-corrected chi connectivity index (χ2v) is 5.15. The molecule has 0 bridgehead atoms. The third-order valence-corrected chi connectivity index (χ3v) is 3.23. The van der Waals surface area contributed by atoms with Crippen LogP contribution in [0.15, 0.2) is 0 Å². The largest absolute Gasteiger partial charge is 0.435 e. The molecule has 0 fully saturated rings. The Kier molecular flexibility index (Phi) is 5.42. The van der Waals surface area contributed by atoms with Gasteiger partial charge in [-0.3, -0.25) is 4.79 Å². The molecular formula is C12H24O4. The van der Waals surface area contributed by atoms with Crippen molar-refractivity contribution in [1.29, 1.82) is 0 Å². The van der Waals surface area contributed by atoms with Crippen LogP contribution in [-0.4, -0.2) is 28.1 Å². The molecule has 0 heterocycles. The number of carbonyl (C=O) groups excluding carboxylic acids is 1. The van der Waals surface area contributed by atoms with Crippen molar-refractivity contribution in [1.82, 2.24) is 0 Å². The van der Waals surface area contributed by atoms with Gasteiger partial charge in [-0.25, -0.2) is 0 Å². The first-order valence-corrected chi connectivity index (χ1v) is 5.71. The van der Waals surface area contributed by atoms with Crippen molar-refractivity contribution in [3.8, 4) is 0 Å². The highest BCUT2D eigenvalue weighted by Gasteiger charge is 2.38. The van der Waals surface area contributed by atoms with E-state index in [4.69, 9.17) is 4.74 Å². The molecule has 0 aromatic heterocycles. The molecule has 0 aliphatic heterocycles. The van der Waals surface area contributed by atoms with E-state index in [-0.39, 0.29) is 11.8 Å². The Labute approximate surface area is 97.6 Å². The molecule has 0 radical (unpaired) electrons. The highest BCUT2D eigenvalue weighted by atomic mass is 16.6. The van der Waals surface area contributed by atoms with Gasteiger partial charge in [0.25, 0.3) is 0 Å². The van der Waals surface area contributed by atoms with Crippen LogP contribution in [0.2, 0.25) is 0 Å². The third kappa shape index (κ3) is 3.76. The fourth-order valence-corrected chi connectivity index (χ4v) is 1.17. The summed E-state index contributed by atoms with van der Waals surface area (Å²) < 4.78 is 4.87. The Morgan fingerprint density at radius 1 is 1.19 bits per heavy atom. The number of rotatable bonds is 5. The topological polar surface area (TPSA) is 66.8 Å². The Balaban J connectivity index is 4.50. The van der Waals surface area contributed by atoms with Gasteiger partial charge in [0, 0.05) is 5.92 Å². The Morgan fingerprint density at radius 2 is 1.62 bits per heavy atom. The average Bonchev–Trinajstić information content (AvgIpc) is 2.15. The third-order valence-electron chi connectivity index (χ3n) is 3.23. The van der Waals surface area contributed by atoms with Crippen molar-refractivity contribution in [2.24, 2.45) is 17.8 Å². The first-order valence-electron chi connectivity index (χ1n) is 5.71. The van der Waals surface area contributed by atoms with Crippen LogP contribution in [0.25, 0.3) is 0 Å². The number of carbonyl (C=O) groups is 1. The molecule has 2 N–H and O–H groups in total. The summed E-state index contributed by atoms with van der Waals surface area (Å²) in [5, 5.41) is 19.8. The van der Waals surface area contributed by atoms with E-state index in [2.05, 4.69) is 0 Å². The van der Waals surface area contributed by atoms with E-state index in [1.807, 2.05) is 13.8 Å². The van der Waals surface area contributed by atoms with Crippen LogP contribution >= 0.6 is 0 Å². The van der Waals surface area contributed by atoms with Crippen LogP contribution in [0.5, 0.6) is 0 Å². The van der Waals surface area contributed by atoms with Crippen LogP contribution in [-0.2, 0) is 9.53 Å². The molecule has 0 spiro atoms. The van der Waals surface area contributed by atoms with Crippen molar-refractivity contribution in [2.75, 3.05) is 0 Å². The van der Waals surface area contributed by atoms with Crippen LogP contribution in [0.4, 0.5) is 0 Å². The molecule has 0 saturated heterocycles. The van der Waals surface area contributed by atoms with E-state index in [1.54, 1.807) is 27.7 Å². The average molecular weight is 232 g/mol. The number of ether oxygens (including phenoxy) is 1. The predicted molar refractivity (Wildman–Crippen MR) is 61.6 cm³/mol. The molecular weight excluding hydrogens is 208 g/mol. The lowest BCUT2D eigenvalue weighted by atomic mass is 9.81. The van der Waals surface area contributed by atoms with Crippen LogP contribution in [0.3, 0.4) is 0 Å². The molecule has 0 aromatic carbocycles. The standard InChI is InChI=1S/C12H24O4/c1-7(2)10(13)16-11(14)9(5)12(6,15)8(3)4/h7-9,11,14-15H,1-6H3. The summed E-state index contributed by atoms with van der Waals surface area (Å²) in [4.78, 5) is 11.3. The van der Waals surface area contributed by atoms with E-state index in [0.29, 0.717) is 0 Å². The number of esters is 1. The van der Waals surface area contributed by atoms with Gasteiger partial charge < -0.3 is 14.9 Å². The molecule has 0 saturated carbocycles. The minimum Gasteiger partial charge on any atom is -0.435 e. The molecule has 0 aliphatic rings. The number of aliphatic hydroxyl groups excluding tert-OH is 1. The molecule has 96 valence electrons. The SMILES string of the molecule is CC(C)C(=O)OC(O)C(C)C(C)(O)C(C)C. The summed E-state index contributed by atoms with van der Waals surface area (Å²) in [6.07, 6.45) is -1.27. The summed E-state index contributed by atoms with van der Waals surface area (Å²) >= 11 is 0. The van der Waals surface area contributed by atoms with Gasteiger partial charge in [-0.2, -0.15) is 0 Å². The minimum absolute atomic E-state index is 0.0325. The maximum Gasteiger partial charge on any atom is 0.310 e. The Bertz CT molecular complexity index is 233. The van der Waals surface area contributed by atoms with Crippen molar-refractivity contribution in [3.05, 3.63) is 0 Å². The smallest absolute Gasteiger partial charge is 0.310 e. The van der Waals surface area contributed by atoms with Gasteiger partial charge in [-0.1, -0.05) is 34.6 Å². The highest BCUT2D eigenvalue weighted by Crippen LogP contribution is 2.28. The van der Waals surface area contributed by atoms with Gasteiger partial charge in [0.15, 0.2) is 0 Å². The molecule has 3 atom stereocenters. The van der Waals surface area contributed by atoms with Crippen LogP contribution in [0, 0.1) is 17.8 Å². The van der Waals surface area contributed by atoms with Crippen molar-refractivity contribution >= 4 is 5.97 Å². The second kappa shape index (κ2) is 5.64. The van der Waals surface area contributed by atoms with Crippen LogP contribution in [0.1, 0.15) is 41.5 Å². The van der Waals surface area contributed by atoms with Crippen molar-refractivity contribution in [3.63, 3.8) is 0 Å². The van der Waals surface area contributed by atoms with Gasteiger partial charge in [0.2, 0.25) is 6.29 Å². The number of aliphatic hydroxyl groups is 2. The van der Waals surface area contributed by atoms with Crippen LogP contribution < -0.4 is 0 Å². The molecule has 16 heavy (non-hydrogen) atoms. The first-order chi connectivity index (χ1) is 7.10. The zero-order valence-electron chi connectivity index (χ0n) is 11.0. The van der Waals surface area contributed by atoms with E-state index >= 15 is 0 Å². The van der Waals surface area contributed by atoms with E-state index in [9.17, 15) is 15.0 Å². The van der Waals surface area contributed by atoms with Gasteiger partial charge in [-0.05, 0) is 12.8 Å². The Hall–Kier alpha value is -0.610. The quantitative estimate of drug-likeness (QED) is 0.557. The van der Waals surface area contributed by atoms with Gasteiger partial charge in [0.05, 0.1) is 11.5 Å². The maximum atomic E-state index is 11.3. The summed E-state index contributed by atoms with van der Waals surface area (Å²) in [6.45, 7) is 10.4. The molecule has 0 aromatic rings. The monoisotopic (exact) mass is 232 g/mol. The lowest BCUT2D eigenvalue weighted by Crippen LogP contribution is -2.46. The zero-order valence-corrected chi connectivity index (χ0v) is 11.0. The zero-order chi connectivity index (χ0) is 13.1.